The topological polar surface area (TPSA) is 67.2 Å². The number of rotatable bonds is 6. The van der Waals surface area contributed by atoms with Gasteiger partial charge in [0.1, 0.15) is 5.65 Å². The lowest BCUT2D eigenvalue weighted by atomic mass is 9.86. The van der Waals surface area contributed by atoms with Gasteiger partial charge in [-0.2, -0.15) is 0 Å². The maximum Gasteiger partial charge on any atom is 0.224 e. The van der Waals surface area contributed by atoms with Crippen LogP contribution < -0.4 is 5.32 Å². The molecule has 5 nitrogen and oxygen atoms in total. The van der Waals surface area contributed by atoms with E-state index in [1.54, 1.807) is 18.5 Å². The van der Waals surface area contributed by atoms with Crippen LogP contribution in [0.25, 0.3) is 11.0 Å². The van der Waals surface area contributed by atoms with E-state index in [0.717, 1.165) is 11.8 Å². The number of nitrogens with zero attached hydrogens (tertiary/aromatic N) is 2. The lowest BCUT2D eigenvalue weighted by molar-refractivity contribution is -0.116. The Kier molecular flexibility index (Phi) is 5.74. The standard InChI is InChI=1S/C18H24ClN3O2/c19-14-8-9-20-18-17(14)15(12-22(18)10-11-23)21-16(24)7-6-13-4-2-1-3-5-13/h8-9,12-13,23H,1-7,10-11H2,(H,21,24). The van der Waals surface area contributed by atoms with Crippen molar-refractivity contribution in [2.75, 3.05) is 11.9 Å². The highest BCUT2D eigenvalue weighted by Crippen LogP contribution is 2.32. The van der Waals surface area contributed by atoms with Crippen LogP contribution in [-0.2, 0) is 11.3 Å². The van der Waals surface area contributed by atoms with Crippen molar-refractivity contribution in [3.63, 3.8) is 0 Å². The number of halogens is 1. The number of pyridine rings is 1. The first-order valence-corrected chi connectivity index (χ1v) is 9.11. The monoisotopic (exact) mass is 349 g/mol. The SMILES string of the molecule is O=C(CCC1CCCCC1)Nc1cn(CCO)c2nccc(Cl)c12. The first-order chi connectivity index (χ1) is 11.7. The molecule has 1 aliphatic carbocycles. The molecule has 0 bridgehead atoms. The normalized spacial score (nSPS) is 15.8. The van der Waals surface area contributed by atoms with Gasteiger partial charge in [0, 0.05) is 25.4 Å². The van der Waals surface area contributed by atoms with Crippen LogP contribution in [0, 0.1) is 5.92 Å². The molecule has 2 N–H and O–H groups in total. The fourth-order valence-electron chi connectivity index (χ4n) is 3.57. The summed E-state index contributed by atoms with van der Waals surface area (Å²) in [4.78, 5) is 16.7. The molecule has 0 atom stereocenters. The number of carbonyl (C=O) groups is 1. The van der Waals surface area contributed by atoms with Crippen LogP contribution in [0.15, 0.2) is 18.5 Å². The van der Waals surface area contributed by atoms with Crippen molar-refractivity contribution in [3.8, 4) is 0 Å². The summed E-state index contributed by atoms with van der Waals surface area (Å²) in [5, 5.41) is 13.5. The molecule has 0 unspecified atom stereocenters. The summed E-state index contributed by atoms with van der Waals surface area (Å²) in [7, 11) is 0. The van der Waals surface area contributed by atoms with E-state index < -0.39 is 0 Å². The maximum atomic E-state index is 12.3. The number of hydrogen-bond acceptors (Lipinski definition) is 3. The van der Waals surface area contributed by atoms with Crippen molar-refractivity contribution in [1.82, 2.24) is 9.55 Å². The molecule has 1 fully saturated rings. The summed E-state index contributed by atoms with van der Waals surface area (Å²) < 4.78 is 1.82. The van der Waals surface area contributed by atoms with Crippen LogP contribution in [0.4, 0.5) is 5.69 Å². The second-order valence-electron chi connectivity index (χ2n) is 6.54. The van der Waals surface area contributed by atoms with E-state index in [1.165, 1.54) is 32.1 Å². The minimum Gasteiger partial charge on any atom is -0.395 e. The summed E-state index contributed by atoms with van der Waals surface area (Å²) in [6, 6.07) is 1.71. The van der Waals surface area contributed by atoms with Gasteiger partial charge in [-0.05, 0) is 18.4 Å². The zero-order valence-electron chi connectivity index (χ0n) is 13.8. The Morgan fingerprint density at radius 2 is 2.17 bits per heavy atom. The third-order valence-electron chi connectivity index (χ3n) is 4.83. The molecule has 0 radical (unpaired) electrons. The predicted octanol–water partition coefficient (Wildman–Crippen LogP) is 3.98. The molecule has 1 amide bonds. The predicted molar refractivity (Wildman–Crippen MR) is 96.3 cm³/mol. The molecule has 24 heavy (non-hydrogen) atoms. The number of aromatic nitrogens is 2. The number of carbonyl (C=O) groups excluding carboxylic acids is 1. The average molecular weight is 350 g/mol. The van der Waals surface area contributed by atoms with Crippen molar-refractivity contribution in [3.05, 3.63) is 23.5 Å². The molecule has 3 rings (SSSR count). The quantitative estimate of drug-likeness (QED) is 0.828. The molecule has 130 valence electrons. The molecule has 2 aromatic rings. The second kappa shape index (κ2) is 7.99. The number of fused-ring (bicyclic) bond motifs is 1. The zero-order chi connectivity index (χ0) is 16.9. The third-order valence-corrected chi connectivity index (χ3v) is 5.14. The summed E-state index contributed by atoms with van der Waals surface area (Å²) in [6.07, 6.45) is 11.3. The van der Waals surface area contributed by atoms with Crippen molar-refractivity contribution < 1.29 is 9.90 Å². The van der Waals surface area contributed by atoms with Crippen molar-refractivity contribution >= 4 is 34.2 Å². The molecular formula is C18H24ClN3O2. The second-order valence-corrected chi connectivity index (χ2v) is 6.95. The van der Waals surface area contributed by atoms with Crippen LogP contribution in [0.5, 0.6) is 0 Å². The van der Waals surface area contributed by atoms with Gasteiger partial charge in [0.25, 0.3) is 0 Å². The Bertz CT molecular complexity index is 708. The minimum absolute atomic E-state index is 0.00698. The van der Waals surface area contributed by atoms with E-state index >= 15 is 0 Å². The van der Waals surface area contributed by atoms with Gasteiger partial charge < -0.3 is 15.0 Å². The summed E-state index contributed by atoms with van der Waals surface area (Å²) >= 11 is 6.29. The van der Waals surface area contributed by atoms with Crippen LogP contribution in [-0.4, -0.2) is 27.2 Å². The molecule has 0 saturated heterocycles. The maximum absolute atomic E-state index is 12.3. The summed E-state index contributed by atoms with van der Waals surface area (Å²) in [5.41, 5.74) is 1.35. The number of aliphatic hydroxyl groups is 1. The Morgan fingerprint density at radius 3 is 2.92 bits per heavy atom. The zero-order valence-corrected chi connectivity index (χ0v) is 14.6. The molecular weight excluding hydrogens is 326 g/mol. The van der Waals surface area contributed by atoms with Gasteiger partial charge in [-0.1, -0.05) is 43.7 Å². The Labute approximate surface area is 147 Å². The number of amides is 1. The molecule has 0 spiro atoms. The molecule has 2 heterocycles. The lowest BCUT2D eigenvalue weighted by Gasteiger charge is -2.20. The highest BCUT2D eigenvalue weighted by atomic mass is 35.5. The number of aliphatic hydroxyl groups excluding tert-OH is 1. The number of anilines is 1. The van der Waals surface area contributed by atoms with E-state index in [9.17, 15) is 9.90 Å². The minimum atomic E-state index is 0.00698. The first kappa shape index (κ1) is 17.2. The van der Waals surface area contributed by atoms with Gasteiger partial charge in [0.2, 0.25) is 5.91 Å². The van der Waals surface area contributed by atoms with E-state index in [0.29, 0.717) is 35.2 Å². The largest absolute Gasteiger partial charge is 0.395 e. The van der Waals surface area contributed by atoms with Gasteiger partial charge in [0.15, 0.2) is 0 Å². The van der Waals surface area contributed by atoms with Crippen LogP contribution in [0.3, 0.4) is 0 Å². The van der Waals surface area contributed by atoms with Crippen LogP contribution >= 0.6 is 11.6 Å². The molecule has 2 aromatic heterocycles. The van der Waals surface area contributed by atoms with Crippen LogP contribution in [0.1, 0.15) is 44.9 Å². The molecule has 0 aromatic carbocycles. The smallest absolute Gasteiger partial charge is 0.224 e. The Balaban J connectivity index is 1.70. The molecule has 1 aliphatic rings. The van der Waals surface area contributed by atoms with Crippen LogP contribution in [0.2, 0.25) is 5.02 Å². The van der Waals surface area contributed by atoms with Gasteiger partial charge in [-0.25, -0.2) is 4.98 Å². The number of hydrogen-bond donors (Lipinski definition) is 2. The van der Waals surface area contributed by atoms with Gasteiger partial charge >= 0.3 is 0 Å². The van der Waals surface area contributed by atoms with E-state index in [-0.39, 0.29) is 12.5 Å². The third kappa shape index (κ3) is 3.90. The fraction of sp³-hybridized carbons (Fsp3) is 0.556. The number of nitrogens with one attached hydrogen (secondary N) is 1. The lowest BCUT2D eigenvalue weighted by Crippen LogP contribution is -2.14. The Morgan fingerprint density at radius 1 is 1.38 bits per heavy atom. The molecule has 6 heteroatoms. The average Bonchev–Trinajstić information content (AvgIpc) is 2.93. The highest BCUT2D eigenvalue weighted by Gasteiger charge is 2.17. The summed E-state index contributed by atoms with van der Waals surface area (Å²) in [5.74, 6) is 0.703. The van der Waals surface area contributed by atoms with Gasteiger partial charge in [0.05, 0.1) is 22.7 Å². The van der Waals surface area contributed by atoms with Crippen molar-refractivity contribution in [2.24, 2.45) is 5.92 Å². The summed E-state index contributed by atoms with van der Waals surface area (Å²) in [6.45, 7) is 0.425. The Hall–Kier alpha value is -1.59. The van der Waals surface area contributed by atoms with E-state index in [2.05, 4.69) is 10.3 Å². The van der Waals surface area contributed by atoms with Gasteiger partial charge in [-0.15, -0.1) is 0 Å². The van der Waals surface area contributed by atoms with Gasteiger partial charge in [-0.3, -0.25) is 4.79 Å². The van der Waals surface area contributed by atoms with E-state index in [1.807, 2.05) is 4.57 Å². The van der Waals surface area contributed by atoms with E-state index in [4.69, 9.17) is 11.6 Å². The molecule has 0 aliphatic heterocycles. The highest BCUT2D eigenvalue weighted by molar-refractivity contribution is 6.36. The fourth-order valence-corrected chi connectivity index (χ4v) is 3.82. The van der Waals surface area contributed by atoms with Crippen molar-refractivity contribution in [1.29, 1.82) is 0 Å². The van der Waals surface area contributed by atoms with Crippen molar-refractivity contribution in [2.45, 2.75) is 51.5 Å². The first-order valence-electron chi connectivity index (χ1n) is 8.73. The molecule has 1 saturated carbocycles.